The van der Waals surface area contributed by atoms with Gasteiger partial charge in [0.2, 0.25) is 5.95 Å². The zero-order valence-corrected chi connectivity index (χ0v) is 19.6. The molecule has 0 saturated carbocycles. The first-order chi connectivity index (χ1) is 16.8. The van der Waals surface area contributed by atoms with E-state index >= 15 is 0 Å². The van der Waals surface area contributed by atoms with Crippen molar-refractivity contribution >= 4 is 17.0 Å². The number of nitrogens with one attached hydrogen (secondary N) is 1. The molecule has 35 heavy (non-hydrogen) atoms. The molecule has 0 aliphatic carbocycles. The van der Waals surface area contributed by atoms with Crippen LogP contribution in [0.25, 0.3) is 11.0 Å². The molecular weight excluding hydrogens is 459 g/mol. The van der Waals surface area contributed by atoms with Crippen molar-refractivity contribution in [3.63, 3.8) is 0 Å². The predicted molar refractivity (Wildman–Crippen MR) is 127 cm³/mol. The number of aromatic nitrogens is 4. The molecule has 0 aliphatic rings. The molecule has 1 unspecified atom stereocenters. The minimum absolute atomic E-state index is 0.0551. The molecule has 0 aliphatic heterocycles. The first-order valence-electron chi connectivity index (χ1n) is 11.2. The third-order valence-electron chi connectivity index (χ3n) is 5.72. The van der Waals surface area contributed by atoms with Gasteiger partial charge in [-0.2, -0.15) is 10.1 Å². The largest absolute Gasteiger partial charge is 0.370 e. The predicted octanol–water partition coefficient (Wildman–Crippen LogP) is 4.98. The van der Waals surface area contributed by atoms with E-state index in [0.29, 0.717) is 35.9 Å². The Morgan fingerprint density at radius 1 is 1.11 bits per heavy atom. The molecule has 0 bridgehead atoms. The second-order valence-corrected chi connectivity index (χ2v) is 8.36. The smallest absolute Gasteiger partial charge is 0.266 e. The number of halogens is 3. The van der Waals surface area contributed by atoms with Crippen LogP contribution in [0.3, 0.4) is 0 Å². The van der Waals surface area contributed by atoms with Crippen LogP contribution in [-0.2, 0) is 18.0 Å². The summed E-state index contributed by atoms with van der Waals surface area (Å²) in [6, 6.07) is 12.7. The summed E-state index contributed by atoms with van der Waals surface area (Å²) in [6.45, 7) is 2.25. The van der Waals surface area contributed by atoms with E-state index in [-0.39, 0.29) is 17.6 Å². The standard InChI is InChI=1S/C25H26F3N5O2/c1-4-20(16-10-11-17(22(27)28)18(26)12-16)33-23-21(24(34)30-25(29-23)32(2)3)19(31-33)14-35-13-15-8-6-5-7-9-15/h5-12,20,22H,4,13-14H2,1-3H3,(H,29,30,34). The molecule has 1 N–H and O–H groups in total. The molecule has 0 amide bonds. The van der Waals surface area contributed by atoms with Crippen LogP contribution in [0.5, 0.6) is 0 Å². The second kappa shape index (κ2) is 10.3. The van der Waals surface area contributed by atoms with E-state index < -0.39 is 23.8 Å². The highest BCUT2D eigenvalue weighted by Crippen LogP contribution is 2.30. The molecule has 0 radical (unpaired) electrons. The molecule has 10 heteroatoms. The van der Waals surface area contributed by atoms with Crippen molar-refractivity contribution in [1.29, 1.82) is 0 Å². The summed E-state index contributed by atoms with van der Waals surface area (Å²) in [5, 5.41) is 4.91. The SMILES string of the molecule is CCC(c1ccc(C(F)F)c(F)c1)n1nc(COCc2ccccc2)c2c(=O)[nH]c(N(C)C)nc21. The van der Waals surface area contributed by atoms with Gasteiger partial charge in [-0.25, -0.2) is 17.9 Å². The van der Waals surface area contributed by atoms with Crippen LogP contribution >= 0.6 is 0 Å². The average Bonchev–Trinajstić information content (AvgIpc) is 3.19. The van der Waals surface area contributed by atoms with Crippen molar-refractivity contribution in [2.24, 2.45) is 0 Å². The Kier molecular flexibility index (Phi) is 7.20. The van der Waals surface area contributed by atoms with Gasteiger partial charge in [-0.1, -0.05) is 49.4 Å². The highest BCUT2D eigenvalue weighted by atomic mass is 19.3. The van der Waals surface area contributed by atoms with Gasteiger partial charge in [-0.05, 0) is 23.6 Å². The molecule has 7 nitrogen and oxygen atoms in total. The highest BCUT2D eigenvalue weighted by Gasteiger charge is 2.24. The third-order valence-corrected chi connectivity index (χ3v) is 5.72. The summed E-state index contributed by atoms with van der Waals surface area (Å²) in [5.74, 6) is -0.659. The molecule has 2 heterocycles. The molecule has 184 valence electrons. The van der Waals surface area contributed by atoms with Crippen LogP contribution in [0.4, 0.5) is 19.1 Å². The summed E-state index contributed by atoms with van der Waals surface area (Å²) >= 11 is 0. The number of alkyl halides is 2. The van der Waals surface area contributed by atoms with Crippen LogP contribution in [0.2, 0.25) is 0 Å². The van der Waals surface area contributed by atoms with Gasteiger partial charge in [0.1, 0.15) is 16.9 Å². The minimum Gasteiger partial charge on any atom is -0.370 e. The van der Waals surface area contributed by atoms with Gasteiger partial charge in [-0.15, -0.1) is 0 Å². The maximum absolute atomic E-state index is 14.4. The lowest BCUT2D eigenvalue weighted by molar-refractivity contribution is 0.105. The van der Waals surface area contributed by atoms with Crippen molar-refractivity contribution in [2.75, 3.05) is 19.0 Å². The van der Waals surface area contributed by atoms with Gasteiger partial charge < -0.3 is 9.64 Å². The maximum Gasteiger partial charge on any atom is 0.266 e. The fourth-order valence-electron chi connectivity index (χ4n) is 3.95. The van der Waals surface area contributed by atoms with Crippen molar-refractivity contribution < 1.29 is 17.9 Å². The first-order valence-corrected chi connectivity index (χ1v) is 11.2. The van der Waals surface area contributed by atoms with E-state index in [9.17, 15) is 18.0 Å². The fraction of sp³-hybridized carbons (Fsp3) is 0.320. The number of ether oxygens (including phenoxy) is 1. The first kappa shape index (κ1) is 24.5. The Labute approximate surface area is 200 Å². The van der Waals surface area contributed by atoms with E-state index in [2.05, 4.69) is 15.1 Å². The van der Waals surface area contributed by atoms with E-state index in [1.165, 1.54) is 6.07 Å². The number of fused-ring (bicyclic) bond motifs is 1. The summed E-state index contributed by atoms with van der Waals surface area (Å²) in [6.07, 6.45) is -2.45. The summed E-state index contributed by atoms with van der Waals surface area (Å²) < 4.78 is 47.9. The van der Waals surface area contributed by atoms with Gasteiger partial charge >= 0.3 is 0 Å². The molecule has 2 aromatic heterocycles. The zero-order chi connectivity index (χ0) is 25.1. The van der Waals surface area contributed by atoms with E-state index in [1.54, 1.807) is 23.7 Å². The van der Waals surface area contributed by atoms with Gasteiger partial charge in [-0.3, -0.25) is 9.78 Å². The number of hydrogen-bond acceptors (Lipinski definition) is 5. The average molecular weight is 486 g/mol. The molecule has 4 aromatic rings. The van der Waals surface area contributed by atoms with Crippen LogP contribution < -0.4 is 10.5 Å². The lowest BCUT2D eigenvalue weighted by atomic mass is 10.0. The number of aromatic amines is 1. The van der Waals surface area contributed by atoms with E-state index in [1.807, 2.05) is 37.3 Å². The third kappa shape index (κ3) is 5.07. The molecule has 0 saturated heterocycles. The van der Waals surface area contributed by atoms with Crippen molar-refractivity contribution in [3.8, 4) is 0 Å². The van der Waals surface area contributed by atoms with Gasteiger partial charge in [0.25, 0.3) is 12.0 Å². The molecule has 0 spiro atoms. The van der Waals surface area contributed by atoms with Crippen molar-refractivity contribution in [1.82, 2.24) is 19.7 Å². The monoisotopic (exact) mass is 485 g/mol. The summed E-state index contributed by atoms with van der Waals surface area (Å²) in [5.41, 5.74) is 1.08. The summed E-state index contributed by atoms with van der Waals surface area (Å²) in [7, 11) is 3.48. The summed E-state index contributed by atoms with van der Waals surface area (Å²) in [4.78, 5) is 22.0. The van der Waals surface area contributed by atoms with Crippen LogP contribution in [0, 0.1) is 5.82 Å². The second-order valence-electron chi connectivity index (χ2n) is 8.36. The van der Waals surface area contributed by atoms with Crippen molar-refractivity contribution in [3.05, 3.63) is 87.1 Å². The Hall–Kier alpha value is -3.66. The normalized spacial score (nSPS) is 12.4. The van der Waals surface area contributed by atoms with E-state index in [4.69, 9.17) is 4.74 Å². The van der Waals surface area contributed by atoms with Crippen molar-refractivity contribution in [2.45, 2.75) is 39.0 Å². The molecule has 0 fully saturated rings. The Morgan fingerprint density at radius 2 is 1.86 bits per heavy atom. The topological polar surface area (TPSA) is 76.0 Å². The molecule has 4 rings (SSSR count). The number of benzene rings is 2. The van der Waals surface area contributed by atoms with E-state index in [0.717, 1.165) is 17.7 Å². The fourth-order valence-corrected chi connectivity index (χ4v) is 3.95. The number of anilines is 1. The maximum atomic E-state index is 14.4. The van der Waals surface area contributed by atoms with Gasteiger partial charge in [0, 0.05) is 14.1 Å². The van der Waals surface area contributed by atoms with Gasteiger partial charge in [0.05, 0.1) is 24.8 Å². The molecular formula is C25H26F3N5O2. The quantitative estimate of drug-likeness (QED) is 0.362. The lowest BCUT2D eigenvalue weighted by Crippen LogP contribution is -2.20. The Bertz CT molecular complexity index is 1370. The molecule has 1 atom stereocenters. The van der Waals surface area contributed by atoms with Gasteiger partial charge in [0.15, 0.2) is 5.65 Å². The number of nitrogens with zero attached hydrogens (tertiary/aromatic N) is 4. The van der Waals surface area contributed by atoms with Crippen LogP contribution in [0.15, 0.2) is 53.3 Å². The Balaban J connectivity index is 1.78. The zero-order valence-electron chi connectivity index (χ0n) is 19.6. The number of H-pyrrole nitrogens is 1. The van der Waals surface area contributed by atoms with Crippen LogP contribution in [0.1, 0.15) is 48.2 Å². The highest BCUT2D eigenvalue weighted by molar-refractivity contribution is 5.78. The Morgan fingerprint density at radius 3 is 2.49 bits per heavy atom. The molecule has 2 aromatic carbocycles. The number of hydrogen-bond donors (Lipinski definition) is 1. The minimum atomic E-state index is -2.91. The lowest BCUT2D eigenvalue weighted by Gasteiger charge is -2.18. The van der Waals surface area contributed by atoms with Crippen LogP contribution in [-0.4, -0.2) is 33.8 Å². The number of rotatable bonds is 9.